The van der Waals surface area contributed by atoms with E-state index in [1.54, 1.807) is 6.07 Å². The minimum atomic E-state index is -4.54. The number of aromatic nitrogens is 1. The van der Waals surface area contributed by atoms with Gasteiger partial charge in [0.25, 0.3) is 0 Å². The Hall–Kier alpha value is -2.77. The third-order valence-corrected chi connectivity index (χ3v) is 5.26. The number of hydrogen-bond acceptors (Lipinski definition) is 5. The first-order valence-corrected chi connectivity index (χ1v) is 10.6. The largest absolute Gasteiger partial charge is 1.00 e. The topological polar surface area (TPSA) is 98.5 Å². The van der Waals surface area contributed by atoms with Crippen molar-refractivity contribution in [2.45, 2.75) is 19.6 Å². The zero-order valence-electron chi connectivity index (χ0n) is 19.7. The van der Waals surface area contributed by atoms with Crippen molar-refractivity contribution < 1.29 is 88.1 Å². The van der Waals surface area contributed by atoms with Crippen molar-refractivity contribution in [3.05, 3.63) is 83.2 Å². The van der Waals surface area contributed by atoms with E-state index in [2.05, 4.69) is 10.3 Å². The number of carbonyl (C=O) groups is 2. The fraction of sp³-hybridized carbons (Fsp3) is 0.160. The smallest absolute Gasteiger partial charge is 0.548 e. The van der Waals surface area contributed by atoms with E-state index in [9.17, 15) is 32.3 Å². The summed E-state index contributed by atoms with van der Waals surface area (Å²) in [7, 11) is 0. The minimum absolute atomic E-state index is 0. The number of oxazole rings is 1. The molecular formula is C25H18F4KN3O4. The van der Waals surface area contributed by atoms with Gasteiger partial charge in [-0.1, -0.05) is 18.2 Å². The van der Waals surface area contributed by atoms with Crippen molar-refractivity contribution in [3.63, 3.8) is 0 Å². The van der Waals surface area contributed by atoms with E-state index in [-0.39, 0.29) is 75.1 Å². The molecule has 2 amide bonds. The number of aryl methyl sites for hydroxylation is 1. The summed E-state index contributed by atoms with van der Waals surface area (Å²) in [4.78, 5) is 28.9. The fourth-order valence-corrected chi connectivity index (χ4v) is 3.48. The number of alkyl halides is 3. The molecular weight excluding hydrogens is 521 g/mol. The average Bonchev–Trinajstić information content (AvgIpc) is 3.22. The van der Waals surface area contributed by atoms with Gasteiger partial charge in [0.15, 0.2) is 5.58 Å². The van der Waals surface area contributed by atoms with E-state index in [0.29, 0.717) is 16.7 Å². The molecule has 12 heteroatoms. The summed E-state index contributed by atoms with van der Waals surface area (Å²) in [6.45, 7) is 0.682. The summed E-state index contributed by atoms with van der Waals surface area (Å²) < 4.78 is 58.7. The Morgan fingerprint density at radius 1 is 1.05 bits per heavy atom. The van der Waals surface area contributed by atoms with Gasteiger partial charge in [-0.3, -0.25) is 0 Å². The number of urea groups is 1. The molecule has 186 valence electrons. The van der Waals surface area contributed by atoms with Crippen LogP contribution in [0.15, 0.2) is 65.1 Å². The number of nitrogens with one attached hydrogen (secondary N) is 1. The number of amides is 2. The number of carbonyl (C=O) groups excluding carboxylic acids is 2. The second-order valence-electron chi connectivity index (χ2n) is 8.04. The van der Waals surface area contributed by atoms with Gasteiger partial charge >= 0.3 is 63.6 Å². The van der Waals surface area contributed by atoms with Gasteiger partial charge in [0, 0.05) is 12.1 Å². The molecule has 7 nitrogen and oxygen atoms in total. The molecule has 0 fully saturated rings. The van der Waals surface area contributed by atoms with Crippen LogP contribution in [0.3, 0.4) is 0 Å². The summed E-state index contributed by atoms with van der Waals surface area (Å²) in [5, 5.41) is 13.4. The monoisotopic (exact) mass is 539 g/mol. The summed E-state index contributed by atoms with van der Waals surface area (Å²) in [5.41, 5.74) is 1.52. The second-order valence-corrected chi connectivity index (χ2v) is 8.04. The first-order chi connectivity index (χ1) is 17.0. The molecule has 0 bridgehead atoms. The molecule has 0 atom stereocenters. The molecule has 4 rings (SSSR count). The van der Waals surface area contributed by atoms with Crippen LogP contribution in [0.2, 0.25) is 0 Å². The molecule has 3 aromatic carbocycles. The number of carboxylic acids is 1. The summed E-state index contributed by atoms with van der Waals surface area (Å²) in [6, 6.07) is 12.1. The maximum absolute atomic E-state index is 14.8. The zero-order chi connectivity index (χ0) is 26.0. The van der Waals surface area contributed by atoms with Crippen molar-refractivity contribution in [3.8, 4) is 11.5 Å². The van der Waals surface area contributed by atoms with Gasteiger partial charge in [-0.15, -0.1) is 0 Å². The molecule has 0 aliphatic heterocycles. The number of benzene rings is 3. The number of hydrogen-bond donors (Lipinski definition) is 1. The van der Waals surface area contributed by atoms with Gasteiger partial charge in [0.2, 0.25) is 5.89 Å². The summed E-state index contributed by atoms with van der Waals surface area (Å²) in [6.07, 6.45) is -4.54. The van der Waals surface area contributed by atoms with E-state index in [4.69, 9.17) is 4.42 Å². The molecule has 0 radical (unpaired) electrons. The van der Waals surface area contributed by atoms with Crippen LogP contribution in [-0.4, -0.2) is 28.4 Å². The molecule has 1 aromatic heterocycles. The predicted molar refractivity (Wildman–Crippen MR) is 120 cm³/mol. The average molecular weight is 540 g/mol. The number of fused-ring (bicyclic) bond motifs is 1. The minimum Gasteiger partial charge on any atom is -0.548 e. The molecule has 4 aromatic rings. The van der Waals surface area contributed by atoms with Crippen LogP contribution in [0, 0.1) is 12.7 Å². The Morgan fingerprint density at radius 2 is 1.76 bits per heavy atom. The zero-order valence-corrected chi connectivity index (χ0v) is 22.9. The van der Waals surface area contributed by atoms with Gasteiger partial charge in [0.1, 0.15) is 11.3 Å². The number of halogens is 4. The van der Waals surface area contributed by atoms with Crippen LogP contribution in [0.4, 0.5) is 28.0 Å². The van der Waals surface area contributed by atoms with Crippen LogP contribution in [-0.2, 0) is 17.5 Å². The van der Waals surface area contributed by atoms with Gasteiger partial charge in [-0.25, -0.2) is 14.2 Å². The van der Waals surface area contributed by atoms with Gasteiger partial charge in [0.05, 0.1) is 23.8 Å². The van der Waals surface area contributed by atoms with Crippen LogP contribution >= 0.6 is 0 Å². The quantitative estimate of drug-likeness (QED) is 0.298. The van der Waals surface area contributed by atoms with Gasteiger partial charge in [-0.05, 0) is 60.5 Å². The third kappa shape index (κ3) is 7.17. The van der Waals surface area contributed by atoms with Crippen LogP contribution in [0.25, 0.3) is 22.6 Å². The number of carboxylic acid groups (broad SMARTS) is 1. The fourth-order valence-electron chi connectivity index (χ4n) is 3.48. The normalized spacial score (nSPS) is 11.2. The first-order valence-electron chi connectivity index (χ1n) is 10.6. The maximum Gasteiger partial charge on any atom is 1.00 e. The molecule has 0 saturated carbocycles. The molecule has 1 heterocycles. The molecule has 0 saturated heterocycles. The van der Waals surface area contributed by atoms with E-state index in [1.807, 2.05) is 19.1 Å². The first kappa shape index (κ1) is 28.8. The van der Waals surface area contributed by atoms with Crippen molar-refractivity contribution in [1.29, 1.82) is 0 Å². The number of aliphatic carboxylic acids is 1. The Bertz CT molecular complexity index is 1440. The molecule has 0 unspecified atom stereocenters. The predicted octanol–water partition coefficient (Wildman–Crippen LogP) is 1.75. The van der Waals surface area contributed by atoms with Crippen LogP contribution in [0.5, 0.6) is 0 Å². The van der Waals surface area contributed by atoms with Crippen molar-refractivity contribution >= 4 is 28.8 Å². The Labute approximate surface area is 250 Å². The SMILES string of the molecule is Cc1ccc2oc(-c3ccc(NC(=O)N(CC(=O)[O-])Cc4ccc(C(F)(F)F)cc4)c(F)c3)nc2c1.[K+]. The van der Waals surface area contributed by atoms with Crippen LogP contribution < -0.4 is 61.8 Å². The van der Waals surface area contributed by atoms with Gasteiger partial charge in [-0.2, -0.15) is 13.2 Å². The molecule has 0 aliphatic rings. The Morgan fingerprint density at radius 3 is 2.38 bits per heavy atom. The Balaban J connectivity index is 0.00000380. The molecule has 0 aliphatic carbocycles. The van der Waals surface area contributed by atoms with E-state index in [1.165, 1.54) is 12.1 Å². The maximum atomic E-state index is 14.8. The van der Waals surface area contributed by atoms with Crippen molar-refractivity contribution in [1.82, 2.24) is 9.88 Å². The number of rotatable bonds is 6. The van der Waals surface area contributed by atoms with E-state index in [0.717, 1.165) is 40.8 Å². The molecule has 37 heavy (non-hydrogen) atoms. The number of anilines is 1. The number of nitrogens with zero attached hydrogens (tertiary/aromatic N) is 2. The summed E-state index contributed by atoms with van der Waals surface area (Å²) >= 11 is 0. The van der Waals surface area contributed by atoms with E-state index < -0.39 is 36.1 Å². The van der Waals surface area contributed by atoms with Crippen molar-refractivity contribution in [2.24, 2.45) is 0 Å². The second kappa shape index (κ2) is 11.7. The third-order valence-electron chi connectivity index (χ3n) is 5.26. The van der Waals surface area contributed by atoms with Crippen molar-refractivity contribution in [2.75, 3.05) is 11.9 Å². The molecule has 0 spiro atoms. The van der Waals surface area contributed by atoms with Gasteiger partial charge < -0.3 is 24.5 Å². The summed E-state index contributed by atoms with van der Waals surface area (Å²) in [5.74, 6) is -2.26. The standard InChI is InChI=1S/C25H19F4N3O4.K/c1-14-2-9-21-20(10-14)30-23(36-21)16-5-8-19(18(26)11-16)31-24(35)32(13-22(33)34)12-15-3-6-17(7-4-15)25(27,28)29;/h2-11H,12-13H2,1H3,(H,31,35)(H,33,34);/q;+1/p-1. The van der Waals surface area contributed by atoms with Crippen LogP contribution in [0.1, 0.15) is 16.7 Å². The molecule has 1 N–H and O–H groups in total. The Kier molecular flexibility index (Phi) is 9.13. The van der Waals surface area contributed by atoms with E-state index >= 15 is 0 Å².